The van der Waals surface area contributed by atoms with E-state index in [4.69, 9.17) is 9.15 Å². The van der Waals surface area contributed by atoms with Crippen LogP contribution in [0, 0.1) is 0 Å². The van der Waals surface area contributed by atoms with Gasteiger partial charge in [-0.25, -0.2) is 9.50 Å². The molecule has 3 aromatic rings. The maximum absolute atomic E-state index is 12.5. The average molecular weight is 340 g/mol. The number of furan rings is 1. The van der Waals surface area contributed by atoms with Crippen molar-refractivity contribution in [2.45, 2.75) is 32.3 Å². The predicted molar refractivity (Wildman–Crippen MR) is 91.4 cm³/mol. The number of rotatable bonds is 5. The monoisotopic (exact) mass is 340 g/mol. The van der Waals surface area contributed by atoms with E-state index in [1.54, 1.807) is 16.8 Å². The van der Waals surface area contributed by atoms with Gasteiger partial charge in [0.05, 0.1) is 12.4 Å². The highest BCUT2D eigenvalue weighted by Crippen LogP contribution is 2.21. The smallest absolute Gasteiger partial charge is 0.270 e. The number of hydrogen-bond acceptors (Lipinski definition) is 5. The normalized spacial score (nSPS) is 17.2. The molecule has 4 rings (SSSR count). The summed E-state index contributed by atoms with van der Waals surface area (Å²) < 4.78 is 12.7. The van der Waals surface area contributed by atoms with Gasteiger partial charge in [0.25, 0.3) is 5.91 Å². The Labute approximate surface area is 145 Å². The molecule has 3 aromatic heterocycles. The topological polar surface area (TPSA) is 81.7 Å². The third-order valence-corrected chi connectivity index (χ3v) is 4.38. The van der Waals surface area contributed by atoms with Crippen LogP contribution in [0.3, 0.4) is 0 Å². The van der Waals surface area contributed by atoms with Gasteiger partial charge in [-0.1, -0.05) is 6.92 Å². The summed E-state index contributed by atoms with van der Waals surface area (Å²) in [6, 6.07) is 7.28. The maximum atomic E-state index is 12.5. The van der Waals surface area contributed by atoms with E-state index in [0.29, 0.717) is 29.3 Å². The Balaban J connectivity index is 1.61. The van der Waals surface area contributed by atoms with Crippen LogP contribution in [0.4, 0.5) is 0 Å². The number of hydrogen-bond donors (Lipinski definition) is 1. The SMILES string of the molecule is CCc1cc(C(=O)NC[C@H]2CCCO2)nc2cc(-c3ccco3)nn12. The van der Waals surface area contributed by atoms with E-state index in [0.717, 1.165) is 31.6 Å². The Morgan fingerprint density at radius 3 is 3.08 bits per heavy atom. The molecule has 1 aliphatic rings. The largest absolute Gasteiger partial charge is 0.463 e. The molecule has 1 N–H and O–H groups in total. The first-order valence-corrected chi connectivity index (χ1v) is 8.58. The molecule has 1 fully saturated rings. The van der Waals surface area contributed by atoms with Gasteiger partial charge in [0.15, 0.2) is 11.4 Å². The Morgan fingerprint density at radius 1 is 1.44 bits per heavy atom. The van der Waals surface area contributed by atoms with Crippen LogP contribution in [0.5, 0.6) is 0 Å². The van der Waals surface area contributed by atoms with Crippen LogP contribution in [-0.4, -0.2) is 39.8 Å². The van der Waals surface area contributed by atoms with Crippen molar-refractivity contribution in [2.75, 3.05) is 13.2 Å². The van der Waals surface area contributed by atoms with Crippen molar-refractivity contribution in [1.29, 1.82) is 0 Å². The van der Waals surface area contributed by atoms with Crippen LogP contribution in [0.2, 0.25) is 0 Å². The zero-order valence-electron chi connectivity index (χ0n) is 14.1. The maximum Gasteiger partial charge on any atom is 0.270 e. The fraction of sp³-hybridized carbons (Fsp3) is 0.389. The Morgan fingerprint density at radius 2 is 2.36 bits per heavy atom. The first-order valence-electron chi connectivity index (χ1n) is 8.58. The summed E-state index contributed by atoms with van der Waals surface area (Å²) >= 11 is 0. The van der Waals surface area contributed by atoms with E-state index < -0.39 is 0 Å². The Hall–Kier alpha value is -2.67. The quantitative estimate of drug-likeness (QED) is 0.771. The predicted octanol–water partition coefficient (Wildman–Crippen LogP) is 2.46. The Bertz CT molecular complexity index is 879. The molecule has 0 spiro atoms. The summed E-state index contributed by atoms with van der Waals surface area (Å²) in [6.45, 7) is 3.32. The van der Waals surface area contributed by atoms with Gasteiger partial charge in [-0.3, -0.25) is 4.79 Å². The van der Waals surface area contributed by atoms with Crippen molar-refractivity contribution in [3.8, 4) is 11.5 Å². The molecule has 7 nitrogen and oxygen atoms in total. The molecular weight excluding hydrogens is 320 g/mol. The number of carbonyl (C=O) groups excluding carboxylic acids is 1. The molecule has 0 unspecified atom stereocenters. The second kappa shape index (κ2) is 6.68. The molecule has 4 heterocycles. The average Bonchev–Trinajstić information content (AvgIpc) is 3.39. The number of fused-ring (bicyclic) bond motifs is 1. The van der Waals surface area contributed by atoms with E-state index in [2.05, 4.69) is 15.4 Å². The summed E-state index contributed by atoms with van der Waals surface area (Å²) in [6.07, 6.45) is 4.50. The summed E-state index contributed by atoms with van der Waals surface area (Å²) in [5, 5.41) is 7.46. The van der Waals surface area contributed by atoms with E-state index >= 15 is 0 Å². The molecule has 0 aliphatic carbocycles. The number of aromatic nitrogens is 3. The van der Waals surface area contributed by atoms with Crippen LogP contribution in [0.15, 0.2) is 34.9 Å². The molecular formula is C18H20N4O3. The van der Waals surface area contributed by atoms with Gasteiger partial charge < -0.3 is 14.5 Å². The van der Waals surface area contributed by atoms with Crippen LogP contribution in [0.1, 0.15) is 35.9 Å². The third kappa shape index (κ3) is 3.15. The molecule has 0 radical (unpaired) electrons. The number of aryl methyl sites for hydroxylation is 1. The molecule has 0 bridgehead atoms. The number of carbonyl (C=O) groups is 1. The fourth-order valence-electron chi connectivity index (χ4n) is 3.05. The standard InChI is InChI=1S/C18H20N4O3/c1-2-12-9-15(18(23)19-11-13-5-3-7-24-13)20-17-10-14(21-22(12)17)16-6-4-8-25-16/h4,6,8-10,13H,2-3,5,7,11H2,1H3,(H,19,23)/t13-/m1/s1. The van der Waals surface area contributed by atoms with Crippen molar-refractivity contribution < 1.29 is 13.9 Å². The first kappa shape index (κ1) is 15.8. The van der Waals surface area contributed by atoms with Gasteiger partial charge in [-0.05, 0) is 37.5 Å². The molecule has 1 atom stereocenters. The van der Waals surface area contributed by atoms with Crippen molar-refractivity contribution >= 4 is 11.6 Å². The van der Waals surface area contributed by atoms with E-state index in [1.165, 1.54) is 0 Å². The van der Waals surface area contributed by atoms with E-state index in [1.807, 2.05) is 25.1 Å². The van der Waals surface area contributed by atoms with Crippen LogP contribution in [-0.2, 0) is 11.2 Å². The van der Waals surface area contributed by atoms with Crippen molar-refractivity contribution in [1.82, 2.24) is 19.9 Å². The van der Waals surface area contributed by atoms with Gasteiger partial charge in [0.1, 0.15) is 11.4 Å². The van der Waals surface area contributed by atoms with Gasteiger partial charge in [0.2, 0.25) is 0 Å². The Kier molecular flexibility index (Phi) is 4.23. The minimum Gasteiger partial charge on any atom is -0.463 e. The third-order valence-electron chi connectivity index (χ3n) is 4.38. The fourth-order valence-corrected chi connectivity index (χ4v) is 3.05. The zero-order chi connectivity index (χ0) is 17.2. The highest BCUT2D eigenvalue weighted by molar-refractivity contribution is 5.93. The highest BCUT2D eigenvalue weighted by atomic mass is 16.5. The van der Waals surface area contributed by atoms with Gasteiger partial charge >= 0.3 is 0 Å². The van der Waals surface area contributed by atoms with Crippen molar-refractivity contribution in [3.05, 3.63) is 41.9 Å². The second-order valence-electron chi connectivity index (χ2n) is 6.11. The van der Waals surface area contributed by atoms with Crippen molar-refractivity contribution in [3.63, 3.8) is 0 Å². The molecule has 0 saturated carbocycles. The molecule has 1 amide bonds. The summed E-state index contributed by atoms with van der Waals surface area (Å²) in [5.41, 5.74) is 2.65. The number of amides is 1. The number of nitrogens with zero attached hydrogens (tertiary/aromatic N) is 3. The zero-order valence-corrected chi connectivity index (χ0v) is 14.1. The lowest BCUT2D eigenvalue weighted by Gasteiger charge is -2.11. The molecule has 1 saturated heterocycles. The van der Waals surface area contributed by atoms with Gasteiger partial charge in [-0.2, -0.15) is 5.10 Å². The molecule has 130 valence electrons. The van der Waals surface area contributed by atoms with E-state index in [9.17, 15) is 4.79 Å². The van der Waals surface area contributed by atoms with Crippen LogP contribution < -0.4 is 5.32 Å². The molecule has 0 aromatic carbocycles. The minimum atomic E-state index is -0.187. The number of nitrogens with one attached hydrogen (secondary N) is 1. The van der Waals surface area contributed by atoms with Gasteiger partial charge in [-0.15, -0.1) is 0 Å². The molecule has 25 heavy (non-hydrogen) atoms. The first-order chi connectivity index (χ1) is 12.2. The van der Waals surface area contributed by atoms with Gasteiger partial charge in [0, 0.05) is 24.9 Å². The van der Waals surface area contributed by atoms with Crippen LogP contribution in [0.25, 0.3) is 17.1 Å². The summed E-state index contributed by atoms with van der Waals surface area (Å²) in [4.78, 5) is 16.9. The van der Waals surface area contributed by atoms with Crippen molar-refractivity contribution in [2.24, 2.45) is 0 Å². The number of ether oxygens (including phenoxy) is 1. The minimum absolute atomic E-state index is 0.110. The lowest BCUT2D eigenvalue weighted by molar-refractivity contribution is 0.0853. The summed E-state index contributed by atoms with van der Waals surface area (Å²) in [7, 11) is 0. The molecule has 7 heteroatoms. The summed E-state index contributed by atoms with van der Waals surface area (Å²) in [5.74, 6) is 0.491. The van der Waals surface area contributed by atoms with E-state index in [-0.39, 0.29) is 12.0 Å². The second-order valence-corrected chi connectivity index (χ2v) is 6.11. The highest BCUT2D eigenvalue weighted by Gasteiger charge is 2.19. The lowest BCUT2D eigenvalue weighted by atomic mass is 10.2. The lowest BCUT2D eigenvalue weighted by Crippen LogP contribution is -2.32. The molecule has 1 aliphatic heterocycles. The van der Waals surface area contributed by atoms with Crippen LogP contribution >= 0.6 is 0 Å².